The highest BCUT2D eigenvalue weighted by Gasteiger charge is 2.23. The number of halogens is 1. The lowest BCUT2D eigenvalue weighted by Gasteiger charge is -2.31. The molecule has 26 heavy (non-hydrogen) atoms. The first-order valence-corrected chi connectivity index (χ1v) is 9.42. The standard InChI is InChI=1S/C17H23BrN4O4/c1-2-24-17(23)22-5-3-12(4-6-22)21-16(19)20-9-11-7-13(18)15-14(8-11)25-10-26-15/h7-8,12H,2-6,9-10H2,1H3,(H3,19,20,21). The summed E-state index contributed by atoms with van der Waals surface area (Å²) in [5.41, 5.74) is 6.99. The number of hydrogen-bond donors (Lipinski definition) is 2. The molecule has 142 valence electrons. The van der Waals surface area contributed by atoms with Gasteiger partial charge in [0.05, 0.1) is 17.6 Å². The third-order valence-electron chi connectivity index (χ3n) is 4.29. The van der Waals surface area contributed by atoms with Crippen molar-refractivity contribution in [1.29, 1.82) is 0 Å². The average molecular weight is 427 g/mol. The highest BCUT2D eigenvalue weighted by Crippen LogP contribution is 2.40. The number of rotatable bonds is 4. The van der Waals surface area contributed by atoms with Crippen molar-refractivity contribution < 1.29 is 19.0 Å². The summed E-state index contributed by atoms with van der Waals surface area (Å²) >= 11 is 3.47. The Hall–Kier alpha value is -2.16. The van der Waals surface area contributed by atoms with Crippen molar-refractivity contribution in [1.82, 2.24) is 10.2 Å². The first kappa shape index (κ1) is 18.6. The molecule has 3 N–H and O–H groups in total. The van der Waals surface area contributed by atoms with Crippen molar-refractivity contribution in [3.8, 4) is 11.5 Å². The number of carbonyl (C=O) groups is 1. The second-order valence-electron chi connectivity index (χ2n) is 6.12. The topological polar surface area (TPSA) is 98.4 Å². The quantitative estimate of drug-likeness (QED) is 0.565. The van der Waals surface area contributed by atoms with Crippen molar-refractivity contribution >= 4 is 28.0 Å². The van der Waals surface area contributed by atoms with E-state index in [0.29, 0.717) is 38.0 Å². The molecule has 9 heteroatoms. The van der Waals surface area contributed by atoms with Gasteiger partial charge in [-0.25, -0.2) is 9.79 Å². The van der Waals surface area contributed by atoms with E-state index in [2.05, 4.69) is 26.2 Å². The molecule has 3 rings (SSSR count). The van der Waals surface area contributed by atoms with Gasteiger partial charge in [-0.05, 0) is 53.4 Å². The number of aliphatic imine (C=N–C) groups is 1. The minimum Gasteiger partial charge on any atom is -0.454 e. The van der Waals surface area contributed by atoms with Gasteiger partial charge < -0.3 is 30.2 Å². The van der Waals surface area contributed by atoms with Crippen LogP contribution >= 0.6 is 15.9 Å². The number of ether oxygens (including phenoxy) is 3. The fraction of sp³-hybridized carbons (Fsp3) is 0.529. The summed E-state index contributed by atoms with van der Waals surface area (Å²) in [6.45, 7) is 4.18. The van der Waals surface area contributed by atoms with E-state index in [0.717, 1.165) is 28.6 Å². The Labute approximate surface area is 160 Å². The zero-order valence-electron chi connectivity index (χ0n) is 14.7. The van der Waals surface area contributed by atoms with Crippen molar-refractivity contribution in [2.75, 3.05) is 26.5 Å². The third-order valence-corrected chi connectivity index (χ3v) is 4.88. The molecule has 0 bridgehead atoms. The number of nitrogens with two attached hydrogens (primary N) is 1. The van der Waals surface area contributed by atoms with Gasteiger partial charge in [0, 0.05) is 19.1 Å². The van der Waals surface area contributed by atoms with Crippen molar-refractivity contribution in [3.63, 3.8) is 0 Å². The van der Waals surface area contributed by atoms with E-state index in [9.17, 15) is 4.79 Å². The van der Waals surface area contributed by atoms with Gasteiger partial charge in [-0.3, -0.25) is 0 Å². The number of nitrogens with one attached hydrogen (secondary N) is 1. The van der Waals surface area contributed by atoms with Gasteiger partial charge in [-0.15, -0.1) is 0 Å². The monoisotopic (exact) mass is 426 g/mol. The van der Waals surface area contributed by atoms with Crippen LogP contribution in [0.1, 0.15) is 25.3 Å². The molecule has 1 amide bonds. The molecule has 0 saturated carbocycles. The van der Waals surface area contributed by atoms with E-state index < -0.39 is 0 Å². The Kier molecular flexibility index (Phi) is 6.08. The number of guanidine groups is 1. The summed E-state index contributed by atoms with van der Waals surface area (Å²) in [4.78, 5) is 17.8. The van der Waals surface area contributed by atoms with Crippen LogP contribution in [0.5, 0.6) is 11.5 Å². The summed E-state index contributed by atoms with van der Waals surface area (Å²) in [6.07, 6.45) is 1.37. The number of piperidine rings is 1. The van der Waals surface area contributed by atoms with Gasteiger partial charge in [-0.1, -0.05) is 0 Å². The average Bonchev–Trinajstić information content (AvgIpc) is 3.10. The highest BCUT2D eigenvalue weighted by molar-refractivity contribution is 9.10. The molecule has 0 aliphatic carbocycles. The number of carbonyl (C=O) groups excluding carboxylic acids is 1. The molecular formula is C17H23BrN4O4. The number of nitrogens with zero attached hydrogens (tertiary/aromatic N) is 2. The van der Waals surface area contributed by atoms with Crippen molar-refractivity contribution in [3.05, 3.63) is 22.2 Å². The van der Waals surface area contributed by atoms with E-state index in [4.69, 9.17) is 19.9 Å². The number of likely N-dealkylation sites (tertiary alicyclic amines) is 1. The predicted octanol–water partition coefficient (Wildman–Crippen LogP) is 2.20. The molecule has 1 aromatic rings. The SMILES string of the molecule is CCOC(=O)N1CCC(NC(N)=NCc2cc(Br)c3c(c2)OCO3)CC1. The summed E-state index contributed by atoms with van der Waals surface area (Å²) in [6, 6.07) is 4.05. The van der Waals surface area contributed by atoms with E-state index in [1.165, 1.54) is 0 Å². The van der Waals surface area contributed by atoms with Gasteiger partial charge in [0.15, 0.2) is 17.5 Å². The number of fused-ring (bicyclic) bond motifs is 1. The third kappa shape index (κ3) is 4.51. The van der Waals surface area contributed by atoms with Crippen LogP contribution in [0.15, 0.2) is 21.6 Å². The van der Waals surface area contributed by atoms with Crippen LogP contribution in [0.25, 0.3) is 0 Å². The lowest BCUT2D eigenvalue weighted by atomic mass is 10.1. The number of hydrogen-bond acceptors (Lipinski definition) is 5. The maximum absolute atomic E-state index is 11.7. The Bertz CT molecular complexity index is 690. The molecule has 2 heterocycles. The number of amides is 1. The maximum Gasteiger partial charge on any atom is 0.409 e. The Morgan fingerprint density at radius 2 is 2.19 bits per heavy atom. The van der Waals surface area contributed by atoms with Crippen LogP contribution < -0.4 is 20.5 Å². The van der Waals surface area contributed by atoms with Gasteiger partial charge in [0.25, 0.3) is 0 Å². The molecule has 1 saturated heterocycles. The van der Waals surface area contributed by atoms with E-state index in [1.54, 1.807) is 4.90 Å². The Morgan fingerprint density at radius 1 is 1.42 bits per heavy atom. The van der Waals surface area contributed by atoms with Crippen LogP contribution in [0.2, 0.25) is 0 Å². The molecule has 0 atom stereocenters. The van der Waals surface area contributed by atoms with Gasteiger partial charge in [0.2, 0.25) is 6.79 Å². The van der Waals surface area contributed by atoms with Gasteiger partial charge in [-0.2, -0.15) is 0 Å². The largest absolute Gasteiger partial charge is 0.454 e. The van der Waals surface area contributed by atoms with Gasteiger partial charge >= 0.3 is 6.09 Å². The molecular weight excluding hydrogens is 404 g/mol. The van der Waals surface area contributed by atoms with Crippen LogP contribution in [-0.4, -0.2) is 49.5 Å². The molecule has 0 aromatic heterocycles. The first-order valence-electron chi connectivity index (χ1n) is 8.63. The van der Waals surface area contributed by atoms with Crippen molar-refractivity contribution in [2.24, 2.45) is 10.7 Å². The molecule has 1 fully saturated rings. The van der Waals surface area contributed by atoms with Gasteiger partial charge in [0.1, 0.15) is 0 Å². The summed E-state index contributed by atoms with van der Waals surface area (Å²) < 4.78 is 16.6. The second-order valence-corrected chi connectivity index (χ2v) is 6.97. The normalized spacial score (nSPS) is 17.3. The first-order chi connectivity index (χ1) is 12.6. The fourth-order valence-corrected chi connectivity index (χ4v) is 3.57. The Morgan fingerprint density at radius 3 is 2.92 bits per heavy atom. The minimum atomic E-state index is -0.249. The smallest absolute Gasteiger partial charge is 0.409 e. The molecule has 2 aliphatic heterocycles. The maximum atomic E-state index is 11.7. The van der Waals surface area contributed by atoms with Crippen molar-refractivity contribution in [2.45, 2.75) is 32.4 Å². The minimum absolute atomic E-state index is 0.202. The fourth-order valence-electron chi connectivity index (χ4n) is 2.96. The molecule has 0 unspecified atom stereocenters. The van der Waals surface area contributed by atoms with Crippen LogP contribution in [0.4, 0.5) is 4.79 Å². The van der Waals surface area contributed by atoms with Crippen LogP contribution in [0.3, 0.4) is 0 Å². The Balaban J connectivity index is 1.49. The van der Waals surface area contributed by atoms with Crippen LogP contribution in [0, 0.1) is 0 Å². The molecule has 2 aliphatic rings. The molecule has 1 aromatic carbocycles. The zero-order valence-corrected chi connectivity index (χ0v) is 16.3. The second kappa shape index (κ2) is 8.48. The zero-order chi connectivity index (χ0) is 18.5. The molecule has 8 nitrogen and oxygen atoms in total. The number of benzene rings is 1. The van der Waals surface area contributed by atoms with E-state index in [-0.39, 0.29) is 18.9 Å². The molecule has 0 radical (unpaired) electrons. The molecule has 0 spiro atoms. The van der Waals surface area contributed by atoms with E-state index >= 15 is 0 Å². The summed E-state index contributed by atoms with van der Waals surface area (Å²) in [5, 5.41) is 3.23. The summed E-state index contributed by atoms with van der Waals surface area (Å²) in [5.74, 6) is 1.83. The van der Waals surface area contributed by atoms with Crippen LogP contribution in [-0.2, 0) is 11.3 Å². The summed E-state index contributed by atoms with van der Waals surface area (Å²) in [7, 11) is 0. The lowest BCUT2D eigenvalue weighted by Crippen LogP contribution is -2.48. The predicted molar refractivity (Wildman–Crippen MR) is 100 cm³/mol. The van der Waals surface area contributed by atoms with E-state index in [1.807, 2.05) is 19.1 Å². The lowest BCUT2D eigenvalue weighted by molar-refractivity contribution is 0.0963. The highest BCUT2D eigenvalue weighted by atomic mass is 79.9.